The molecule has 0 radical (unpaired) electrons. The molecule has 1 saturated carbocycles. The normalized spacial score (nSPS) is 17.9. The van der Waals surface area contributed by atoms with Gasteiger partial charge >= 0.3 is 0 Å². The lowest BCUT2D eigenvalue weighted by atomic mass is 10.1. The molecule has 0 aromatic carbocycles. The van der Waals surface area contributed by atoms with E-state index in [9.17, 15) is 4.79 Å². The van der Waals surface area contributed by atoms with Crippen molar-refractivity contribution in [2.24, 2.45) is 5.41 Å². The Hall–Kier alpha value is -1.45. The van der Waals surface area contributed by atoms with E-state index in [1.807, 2.05) is 6.92 Å². The maximum atomic E-state index is 11.5. The van der Waals surface area contributed by atoms with Gasteiger partial charge in [0.15, 0.2) is 0 Å². The Kier molecular flexibility index (Phi) is 1.76. The van der Waals surface area contributed by atoms with Gasteiger partial charge in [0.1, 0.15) is 6.33 Å². The Labute approximate surface area is 76.4 Å². The summed E-state index contributed by atoms with van der Waals surface area (Å²) < 4.78 is 0. The number of amides is 1. The van der Waals surface area contributed by atoms with Crippen LogP contribution < -0.4 is 5.32 Å². The van der Waals surface area contributed by atoms with Crippen LogP contribution in [0, 0.1) is 5.41 Å². The maximum Gasteiger partial charge on any atom is 0.230 e. The number of carbonyl (C=O) groups is 1. The zero-order valence-corrected chi connectivity index (χ0v) is 7.45. The summed E-state index contributed by atoms with van der Waals surface area (Å²) in [5.74, 6) is 0.0716. The summed E-state index contributed by atoms with van der Waals surface area (Å²) in [5.41, 5.74) is 0.524. The van der Waals surface area contributed by atoms with Crippen molar-refractivity contribution in [2.45, 2.75) is 19.8 Å². The molecule has 2 rings (SSSR count). The van der Waals surface area contributed by atoms with E-state index < -0.39 is 0 Å². The first kappa shape index (κ1) is 8.16. The zero-order valence-electron chi connectivity index (χ0n) is 7.45. The van der Waals surface area contributed by atoms with Gasteiger partial charge < -0.3 is 5.32 Å². The molecule has 0 atom stereocenters. The van der Waals surface area contributed by atoms with E-state index in [-0.39, 0.29) is 11.3 Å². The van der Waals surface area contributed by atoms with Gasteiger partial charge in [-0.1, -0.05) is 6.92 Å². The fourth-order valence-electron chi connectivity index (χ4n) is 1.06. The Bertz CT molecular complexity index is 319. The van der Waals surface area contributed by atoms with Gasteiger partial charge in [0, 0.05) is 5.41 Å². The molecule has 13 heavy (non-hydrogen) atoms. The predicted molar refractivity (Wildman–Crippen MR) is 48.0 cm³/mol. The highest BCUT2D eigenvalue weighted by molar-refractivity contribution is 5.96. The van der Waals surface area contributed by atoms with Gasteiger partial charge in [0.25, 0.3) is 0 Å². The molecule has 1 amide bonds. The van der Waals surface area contributed by atoms with Gasteiger partial charge in [0.05, 0.1) is 18.1 Å². The lowest BCUT2D eigenvalue weighted by molar-refractivity contribution is -0.120. The first-order chi connectivity index (χ1) is 6.21. The van der Waals surface area contributed by atoms with E-state index in [1.165, 1.54) is 6.33 Å². The van der Waals surface area contributed by atoms with Crippen LogP contribution in [0.1, 0.15) is 19.8 Å². The Balaban J connectivity index is 2.03. The van der Waals surface area contributed by atoms with Crippen molar-refractivity contribution in [1.82, 2.24) is 9.97 Å². The molecule has 4 nitrogen and oxygen atoms in total. The van der Waals surface area contributed by atoms with Crippen molar-refractivity contribution in [3.05, 3.63) is 18.7 Å². The molecule has 0 aliphatic heterocycles. The van der Waals surface area contributed by atoms with E-state index in [2.05, 4.69) is 15.3 Å². The average Bonchev–Trinajstić information content (AvgIpc) is 2.87. The Morgan fingerprint density at radius 1 is 1.46 bits per heavy atom. The fourth-order valence-corrected chi connectivity index (χ4v) is 1.06. The zero-order chi connectivity index (χ0) is 9.31. The number of rotatable bonds is 2. The van der Waals surface area contributed by atoms with Crippen LogP contribution in [0.4, 0.5) is 5.69 Å². The molecular formula is C9H11N3O. The second-order valence-electron chi connectivity index (χ2n) is 3.64. The third-order valence-corrected chi connectivity index (χ3v) is 2.37. The van der Waals surface area contributed by atoms with Crippen molar-refractivity contribution in [3.8, 4) is 0 Å². The lowest BCUT2D eigenvalue weighted by Crippen LogP contribution is -2.21. The quantitative estimate of drug-likeness (QED) is 0.738. The van der Waals surface area contributed by atoms with Crippen LogP contribution in [0.5, 0.6) is 0 Å². The lowest BCUT2D eigenvalue weighted by Gasteiger charge is -2.08. The molecule has 0 saturated heterocycles. The minimum Gasteiger partial charge on any atom is -0.323 e. The first-order valence-electron chi connectivity index (χ1n) is 4.27. The molecule has 1 aliphatic rings. The standard InChI is InChI=1S/C9H11N3O/c1-9(2-3-9)8(13)12-7-4-10-6-11-5-7/h4-6H,2-3H2,1H3,(H,12,13). The number of aromatic nitrogens is 2. The molecule has 4 heteroatoms. The predicted octanol–water partition coefficient (Wildman–Crippen LogP) is 1.22. The van der Waals surface area contributed by atoms with Crippen molar-refractivity contribution in [1.29, 1.82) is 0 Å². The minimum absolute atomic E-state index is 0.0716. The van der Waals surface area contributed by atoms with E-state index in [4.69, 9.17) is 0 Å². The van der Waals surface area contributed by atoms with Crippen LogP contribution in [-0.4, -0.2) is 15.9 Å². The van der Waals surface area contributed by atoms with Crippen molar-refractivity contribution < 1.29 is 4.79 Å². The van der Waals surface area contributed by atoms with E-state index in [1.54, 1.807) is 12.4 Å². The van der Waals surface area contributed by atoms with Crippen LogP contribution in [-0.2, 0) is 4.79 Å². The summed E-state index contributed by atoms with van der Waals surface area (Å²) in [5, 5.41) is 2.78. The summed E-state index contributed by atoms with van der Waals surface area (Å²) in [4.78, 5) is 19.2. The smallest absolute Gasteiger partial charge is 0.230 e. The second-order valence-corrected chi connectivity index (χ2v) is 3.64. The molecule has 1 fully saturated rings. The van der Waals surface area contributed by atoms with Gasteiger partial charge in [-0.2, -0.15) is 0 Å². The SMILES string of the molecule is CC1(C(=O)Nc2cncnc2)CC1. The van der Waals surface area contributed by atoms with Crippen LogP contribution >= 0.6 is 0 Å². The van der Waals surface area contributed by atoms with E-state index in [0.29, 0.717) is 5.69 Å². The highest BCUT2D eigenvalue weighted by atomic mass is 16.2. The topological polar surface area (TPSA) is 54.9 Å². The molecule has 1 aliphatic carbocycles. The fraction of sp³-hybridized carbons (Fsp3) is 0.444. The highest BCUT2D eigenvalue weighted by Crippen LogP contribution is 2.45. The number of nitrogens with zero attached hydrogens (tertiary/aromatic N) is 2. The third kappa shape index (κ3) is 1.66. The van der Waals surface area contributed by atoms with Crippen LogP contribution in [0.15, 0.2) is 18.7 Å². The van der Waals surface area contributed by atoms with Gasteiger partial charge in [-0.05, 0) is 12.8 Å². The number of carbonyl (C=O) groups excluding carboxylic acids is 1. The highest BCUT2D eigenvalue weighted by Gasteiger charge is 2.44. The second kappa shape index (κ2) is 2.80. The monoisotopic (exact) mass is 177 g/mol. The molecular weight excluding hydrogens is 166 g/mol. The Morgan fingerprint density at radius 2 is 2.08 bits per heavy atom. The number of hydrogen-bond acceptors (Lipinski definition) is 3. The third-order valence-electron chi connectivity index (χ3n) is 2.37. The molecule has 1 aromatic rings. The molecule has 68 valence electrons. The van der Waals surface area contributed by atoms with Crippen molar-refractivity contribution in [3.63, 3.8) is 0 Å². The minimum atomic E-state index is -0.143. The van der Waals surface area contributed by atoms with Gasteiger partial charge in [-0.15, -0.1) is 0 Å². The maximum absolute atomic E-state index is 11.5. The summed E-state index contributed by atoms with van der Waals surface area (Å²) in [6.45, 7) is 1.96. The van der Waals surface area contributed by atoms with Crippen molar-refractivity contribution >= 4 is 11.6 Å². The van der Waals surface area contributed by atoms with Gasteiger partial charge in [0.2, 0.25) is 5.91 Å². The van der Waals surface area contributed by atoms with Crippen LogP contribution in [0.3, 0.4) is 0 Å². The summed E-state index contributed by atoms with van der Waals surface area (Å²) in [6, 6.07) is 0. The van der Waals surface area contributed by atoms with E-state index >= 15 is 0 Å². The summed E-state index contributed by atoms with van der Waals surface area (Å²) >= 11 is 0. The molecule has 0 spiro atoms. The summed E-state index contributed by atoms with van der Waals surface area (Å²) in [6.07, 6.45) is 6.58. The molecule has 0 bridgehead atoms. The Morgan fingerprint density at radius 3 is 2.62 bits per heavy atom. The van der Waals surface area contributed by atoms with E-state index in [0.717, 1.165) is 12.8 Å². The van der Waals surface area contributed by atoms with Crippen LogP contribution in [0.25, 0.3) is 0 Å². The van der Waals surface area contributed by atoms with Gasteiger partial charge in [-0.3, -0.25) is 4.79 Å². The molecule has 0 unspecified atom stereocenters. The average molecular weight is 177 g/mol. The number of hydrogen-bond donors (Lipinski definition) is 1. The number of nitrogens with one attached hydrogen (secondary N) is 1. The summed E-state index contributed by atoms with van der Waals surface area (Å²) in [7, 11) is 0. The molecule has 1 aromatic heterocycles. The van der Waals surface area contributed by atoms with Crippen molar-refractivity contribution in [2.75, 3.05) is 5.32 Å². The number of anilines is 1. The van der Waals surface area contributed by atoms with Gasteiger partial charge in [-0.25, -0.2) is 9.97 Å². The molecule has 1 N–H and O–H groups in total. The first-order valence-corrected chi connectivity index (χ1v) is 4.27. The molecule has 1 heterocycles. The largest absolute Gasteiger partial charge is 0.323 e. The van der Waals surface area contributed by atoms with Crippen LogP contribution in [0.2, 0.25) is 0 Å².